The summed E-state index contributed by atoms with van der Waals surface area (Å²) in [5.74, 6) is -0.281. The van der Waals surface area contributed by atoms with Crippen LogP contribution in [-0.2, 0) is 12.6 Å². The van der Waals surface area contributed by atoms with Gasteiger partial charge in [-0.15, -0.1) is 0 Å². The first-order valence-electron chi connectivity index (χ1n) is 8.26. The third-order valence-corrected chi connectivity index (χ3v) is 4.63. The van der Waals surface area contributed by atoms with Crippen molar-refractivity contribution in [1.29, 1.82) is 0 Å². The van der Waals surface area contributed by atoms with E-state index in [-0.39, 0.29) is 5.82 Å². The molecule has 6 heteroatoms. The van der Waals surface area contributed by atoms with E-state index in [1.54, 1.807) is 16.8 Å². The topological polar surface area (TPSA) is 63.0 Å². The summed E-state index contributed by atoms with van der Waals surface area (Å²) >= 11 is 0. The van der Waals surface area contributed by atoms with Crippen molar-refractivity contribution >= 4 is 0 Å². The maximum atomic E-state index is 13.2. The van der Waals surface area contributed by atoms with Gasteiger partial charge in [0.05, 0.1) is 11.4 Å². The standard InChI is InChI=1S/C19H19FN4O/c1-24-11-8-17(23-24)18-15(19(25)9-10-21-12-19)6-7-16(22-18)13-2-4-14(20)5-3-13/h2-8,11,21,25H,9-10,12H2,1H3. The minimum atomic E-state index is -0.957. The summed E-state index contributed by atoms with van der Waals surface area (Å²) in [6.07, 6.45) is 2.48. The van der Waals surface area contributed by atoms with Gasteiger partial charge in [0.25, 0.3) is 0 Å². The van der Waals surface area contributed by atoms with E-state index in [0.717, 1.165) is 23.4 Å². The van der Waals surface area contributed by atoms with Crippen molar-refractivity contribution in [2.75, 3.05) is 13.1 Å². The van der Waals surface area contributed by atoms with Gasteiger partial charge in [-0.2, -0.15) is 5.10 Å². The smallest absolute Gasteiger partial charge is 0.123 e. The number of nitrogens with one attached hydrogen (secondary N) is 1. The summed E-state index contributed by atoms with van der Waals surface area (Å²) in [5, 5.41) is 18.7. The minimum absolute atomic E-state index is 0.281. The van der Waals surface area contributed by atoms with Gasteiger partial charge in [0.1, 0.15) is 17.1 Å². The molecule has 2 aromatic heterocycles. The van der Waals surface area contributed by atoms with Gasteiger partial charge in [-0.1, -0.05) is 6.07 Å². The molecule has 0 radical (unpaired) electrons. The van der Waals surface area contributed by atoms with Crippen LogP contribution in [0, 0.1) is 5.82 Å². The zero-order valence-corrected chi connectivity index (χ0v) is 13.9. The predicted octanol–water partition coefficient (Wildman–Crippen LogP) is 2.47. The molecule has 1 unspecified atom stereocenters. The molecular formula is C19H19FN4O. The van der Waals surface area contributed by atoms with Gasteiger partial charge < -0.3 is 10.4 Å². The van der Waals surface area contributed by atoms with Gasteiger partial charge in [-0.05, 0) is 49.4 Å². The molecule has 1 saturated heterocycles. The normalized spacial score (nSPS) is 20.1. The Bertz CT molecular complexity index is 898. The number of halogens is 1. The molecule has 1 aromatic carbocycles. The lowest BCUT2D eigenvalue weighted by Crippen LogP contribution is -2.29. The lowest BCUT2D eigenvalue weighted by atomic mass is 9.90. The van der Waals surface area contributed by atoms with Gasteiger partial charge in [0, 0.05) is 30.9 Å². The average Bonchev–Trinajstić information content (AvgIpc) is 3.24. The highest BCUT2D eigenvalue weighted by Crippen LogP contribution is 2.35. The molecule has 5 nitrogen and oxygen atoms in total. The fourth-order valence-electron chi connectivity index (χ4n) is 3.26. The maximum Gasteiger partial charge on any atom is 0.123 e. The third kappa shape index (κ3) is 2.94. The van der Waals surface area contributed by atoms with Crippen LogP contribution in [-0.4, -0.2) is 33.0 Å². The molecule has 128 valence electrons. The van der Waals surface area contributed by atoms with Crippen LogP contribution in [0.3, 0.4) is 0 Å². The Labute approximate surface area is 145 Å². The molecule has 3 aromatic rings. The first-order chi connectivity index (χ1) is 12.0. The second kappa shape index (κ2) is 6.06. The summed E-state index contributed by atoms with van der Waals surface area (Å²) in [5.41, 5.74) is 2.72. The minimum Gasteiger partial charge on any atom is -0.384 e. The van der Waals surface area contributed by atoms with Crippen LogP contribution in [0.25, 0.3) is 22.6 Å². The Balaban J connectivity index is 1.86. The highest BCUT2D eigenvalue weighted by Gasteiger charge is 2.36. The highest BCUT2D eigenvalue weighted by atomic mass is 19.1. The number of benzene rings is 1. The summed E-state index contributed by atoms with van der Waals surface area (Å²) in [4.78, 5) is 4.76. The second-order valence-electron chi connectivity index (χ2n) is 6.43. The third-order valence-electron chi connectivity index (χ3n) is 4.63. The summed E-state index contributed by atoms with van der Waals surface area (Å²) in [6, 6.07) is 11.9. The molecule has 0 bridgehead atoms. The lowest BCUT2D eigenvalue weighted by molar-refractivity contribution is 0.0590. The fourth-order valence-corrected chi connectivity index (χ4v) is 3.26. The maximum absolute atomic E-state index is 13.2. The summed E-state index contributed by atoms with van der Waals surface area (Å²) < 4.78 is 14.9. The first kappa shape index (κ1) is 15.9. The average molecular weight is 338 g/mol. The monoisotopic (exact) mass is 338 g/mol. The fraction of sp³-hybridized carbons (Fsp3) is 0.263. The van der Waals surface area contributed by atoms with E-state index in [9.17, 15) is 9.50 Å². The number of aliphatic hydroxyl groups is 1. The molecule has 25 heavy (non-hydrogen) atoms. The molecule has 4 rings (SSSR count). The Morgan fingerprint density at radius 1 is 1.12 bits per heavy atom. The lowest BCUT2D eigenvalue weighted by Gasteiger charge is -2.24. The van der Waals surface area contributed by atoms with E-state index in [1.165, 1.54) is 12.1 Å². The number of nitrogens with zero attached hydrogens (tertiary/aromatic N) is 3. The van der Waals surface area contributed by atoms with Crippen LogP contribution in [0.4, 0.5) is 4.39 Å². The molecule has 2 N–H and O–H groups in total. The number of aromatic nitrogens is 3. The van der Waals surface area contributed by atoms with Gasteiger partial charge >= 0.3 is 0 Å². The number of aryl methyl sites for hydroxylation is 1. The van der Waals surface area contributed by atoms with Crippen LogP contribution in [0.5, 0.6) is 0 Å². The van der Waals surface area contributed by atoms with E-state index in [4.69, 9.17) is 4.98 Å². The van der Waals surface area contributed by atoms with Gasteiger partial charge in [0.15, 0.2) is 0 Å². The quantitative estimate of drug-likeness (QED) is 0.770. The Morgan fingerprint density at radius 3 is 2.56 bits per heavy atom. The number of hydrogen-bond donors (Lipinski definition) is 2. The van der Waals surface area contributed by atoms with Crippen molar-refractivity contribution in [3.05, 3.63) is 60.0 Å². The zero-order valence-electron chi connectivity index (χ0n) is 13.9. The van der Waals surface area contributed by atoms with E-state index < -0.39 is 5.60 Å². The molecule has 0 spiro atoms. The van der Waals surface area contributed by atoms with E-state index in [1.807, 2.05) is 31.4 Å². The van der Waals surface area contributed by atoms with Crippen LogP contribution in [0.1, 0.15) is 12.0 Å². The molecular weight excluding hydrogens is 319 g/mol. The number of rotatable bonds is 3. The van der Waals surface area contributed by atoms with Crippen LogP contribution >= 0.6 is 0 Å². The molecule has 1 aliphatic rings. The van der Waals surface area contributed by atoms with Crippen molar-refractivity contribution < 1.29 is 9.50 Å². The van der Waals surface area contributed by atoms with Crippen LogP contribution < -0.4 is 5.32 Å². The van der Waals surface area contributed by atoms with Crippen molar-refractivity contribution in [3.63, 3.8) is 0 Å². The molecule has 1 fully saturated rings. The molecule has 0 amide bonds. The van der Waals surface area contributed by atoms with Gasteiger partial charge in [0.2, 0.25) is 0 Å². The predicted molar refractivity (Wildman–Crippen MR) is 93.2 cm³/mol. The number of hydrogen-bond acceptors (Lipinski definition) is 4. The molecule has 1 atom stereocenters. The number of pyridine rings is 1. The van der Waals surface area contributed by atoms with Crippen molar-refractivity contribution in [2.45, 2.75) is 12.0 Å². The Morgan fingerprint density at radius 2 is 1.92 bits per heavy atom. The molecule has 1 aliphatic heterocycles. The molecule has 3 heterocycles. The SMILES string of the molecule is Cn1ccc(-c2nc(-c3ccc(F)cc3)ccc2C2(O)CCNC2)n1. The van der Waals surface area contributed by atoms with E-state index >= 15 is 0 Å². The highest BCUT2D eigenvalue weighted by molar-refractivity contribution is 5.67. The zero-order chi connectivity index (χ0) is 17.4. The van der Waals surface area contributed by atoms with Crippen molar-refractivity contribution in [1.82, 2.24) is 20.1 Å². The second-order valence-corrected chi connectivity index (χ2v) is 6.43. The number of β-amino-alcohol motifs (C(OH)–C–C–N with tert-alkyl or cyclic N) is 1. The largest absolute Gasteiger partial charge is 0.384 e. The van der Waals surface area contributed by atoms with Gasteiger partial charge in [-0.3, -0.25) is 4.68 Å². The Kier molecular flexibility index (Phi) is 3.86. The Hall–Kier alpha value is -2.57. The van der Waals surface area contributed by atoms with Crippen LogP contribution in [0.2, 0.25) is 0 Å². The summed E-state index contributed by atoms with van der Waals surface area (Å²) in [6.45, 7) is 1.25. The van der Waals surface area contributed by atoms with Gasteiger partial charge in [-0.25, -0.2) is 9.37 Å². The van der Waals surface area contributed by atoms with E-state index in [2.05, 4.69) is 10.4 Å². The van der Waals surface area contributed by atoms with Crippen LogP contribution in [0.15, 0.2) is 48.7 Å². The molecule has 0 aliphatic carbocycles. The van der Waals surface area contributed by atoms with E-state index in [0.29, 0.717) is 24.4 Å². The van der Waals surface area contributed by atoms with Crippen molar-refractivity contribution in [2.24, 2.45) is 7.05 Å². The molecule has 0 saturated carbocycles. The van der Waals surface area contributed by atoms with Crippen molar-refractivity contribution in [3.8, 4) is 22.6 Å². The summed E-state index contributed by atoms with van der Waals surface area (Å²) in [7, 11) is 1.85. The first-order valence-corrected chi connectivity index (χ1v) is 8.26.